The number of carbonyl (C=O) groups is 3. The highest BCUT2D eigenvalue weighted by atomic mass is 32.1. The van der Waals surface area contributed by atoms with Crippen molar-refractivity contribution in [2.75, 3.05) is 6.54 Å². The van der Waals surface area contributed by atoms with Crippen LogP contribution in [-0.4, -0.2) is 34.7 Å². The Balaban J connectivity index is 1.76. The molecule has 124 valence electrons. The molecule has 2 atom stereocenters. The number of carbonyl (C=O) groups excluding carboxylic acids is 3. The average molecular weight is 334 g/mol. The molecular weight excluding hydrogens is 312 g/mol. The maximum Gasteiger partial charge on any atom is 0.325 e. The summed E-state index contributed by atoms with van der Waals surface area (Å²) in [6.45, 7) is 3.88. The van der Waals surface area contributed by atoms with Crippen LogP contribution in [0.3, 0.4) is 0 Å². The van der Waals surface area contributed by atoms with E-state index in [0.717, 1.165) is 35.5 Å². The molecule has 0 aromatic carbocycles. The van der Waals surface area contributed by atoms with E-state index in [0.29, 0.717) is 11.3 Å². The molecule has 2 fully saturated rings. The largest absolute Gasteiger partial charge is 0.325 e. The summed E-state index contributed by atoms with van der Waals surface area (Å²) in [7, 11) is 0. The first kappa shape index (κ1) is 16.2. The number of hydrogen-bond acceptors (Lipinski definition) is 4. The Morgan fingerprint density at radius 1 is 1.39 bits per heavy atom. The van der Waals surface area contributed by atoms with Gasteiger partial charge in [-0.05, 0) is 37.3 Å². The molecule has 1 aromatic rings. The van der Waals surface area contributed by atoms with Gasteiger partial charge in [0.2, 0.25) is 0 Å². The number of Topliss-reactive ketones (excluding diaryl/α,β-unsaturated/α-hetero) is 1. The van der Waals surface area contributed by atoms with Crippen LogP contribution in [0, 0.1) is 5.92 Å². The van der Waals surface area contributed by atoms with Gasteiger partial charge in [-0.25, -0.2) is 4.79 Å². The van der Waals surface area contributed by atoms with Crippen LogP contribution < -0.4 is 5.32 Å². The molecule has 5 nitrogen and oxygen atoms in total. The summed E-state index contributed by atoms with van der Waals surface area (Å²) in [6.07, 6.45) is 4.49. The molecule has 3 rings (SSSR count). The molecule has 0 unspecified atom stereocenters. The summed E-state index contributed by atoms with van der Waals surface area (Å²) in [4.78, 5) is 40.4. The summed E-state index contributed by atoms with van der Waals surface area (Å²) in [5.41, 5.74) is -0.792. The van der Waals surface area contributed by atoms with E-state index in [4.69, 9.17) is 0 Å². The van der Waals surface area contributed by atoms with Gasteiger partial charge in [0.05, 0.1) is 11.4 Å². The van der Waals surface area contributed by atoms with E-state index < -0.39 is 11.6 Å². The number of nitrogens with zero attached hydrogens (tertiary/aromatic N) is 1. The van der Waals surface area contributed by atoms with E-state index in [1.807, 2.05) is 19.9 Å². The van der Waals surface area contributed by atoms with Crippen LogP contribution in [0.25, 0.3) is 0 Å². The highest BCUT2D eigenvalue weighted by Crippen LogP contribution is 2.38. The van der Waals surface area contributed by atoms with Gasteiger partial charge >= 0.3 is 6.03 Å². The summed E-state index contributed by atoms with van der Waals surface area (Å²) in [6, 6.07) is 3.28. The molecule has 3 amide bonds. The maximum atomic E-state index is 12.8. The molecule has 1 spiro atoms. The maximum absolute atomic E-state index is 12.8. The molecule has 1 saturated heterocycles. The van der Waals surface area contributed by atoms with E-state index >= 15 is 0 Å². The predicted molar refractivity (Wildman–Crippen MR) is 88.6 cm³/mol. The fourth-order valence-electron chi connectivity index (χ4n) is 3.58. The lowest BCUT2D eigenvalue weighted by molar-refractivity contribution is -0.133. The van der Waals surface area contributed by atoms with Crippen LogP contribution in [0.15, 0.2) is 12.1 Å². The lowest BCUT2D eigenvalue weighted by Gasteiger charge is -2.36. The number of aryl methyl sites for hydroxylation is 1. The number of amides is 3. The number of hydrogen-bond donors (Lipinski definition) is 1. The molecule has 6 heteroatoms. The monoisotopic (exact) mass is 334 g/mol. The van der Waals surface area contributed by atoms with Gasteiger partial charge in [-0.15, -0.1) is 11.3 Å². The number of imide groups is 1. The second-order valence-electron chi connectivity index (χ2n) is 6.48. The molecule has 2 aliphatic rings. The van der Waals surface area contributed by atoms with Gasteiger partial charge in [0, 0.05) is 4.88 Å². The quantitative estimate of drug-likeness (QED) is 0.680. The highest BCUT2D eigenvalue weighted by Gasteiger charge is 2.55. The first-order chi connectivity index (χ1) is 11.0. The predicted octanol–water partition coefficient (Wildman–Crippen LogP) is 2.99. The van der Waals surface area contributed by atoms with Crippen LogP contribution in [0.2, 0.25) is 0 Å². The Hall–Kier alpha value is -1.69. The lowest BCUT2D eigenvalue weighted by atomic mass is 9.73. The third-order valence-electron chi connectivity index (χ3n) is 5.09. The summed E-state index contributed by atoms with van der Waals surface area (Å²) in [5.74, 6) is -0.282. The summed E-state index contributed by atoms with van der Waals surface area (Å²) in [5, 5.41) is 2.88. The number of thiophene rings is 1. The lowest BCUT2D eigenvalue weighted by Crippen LogP contribution is -2.54. The van der Waals surface area contributed by atoms with E-state index in [2.05, 4.69) is 5.32 Å². The molecule has 23 heavy (non-hydrogen) atoms. The van der Waals surface area contributed by atoms with Gasteiger partial charge in [-0.2, -0.15) is 0 Å². The van der Waals surface area contributed by atoms with Gasteiger partial charge in [0.25, 0.3) is 5.91 Å². The molecule has 0 bridgehead atoms. The molecule has 1 aromatic heterocycles. The van der Waals surface area contributed by atoms with Gasteiger partial charge in [0.1, 0.15) is 5.54 Å². The number of nitrogens with one attached hydrogen (secondary N) is 1. The topological polar surface area (TPSA) is 66.5 Å². The Morgan fingerprint density at radius 3 is 2.83 bits per heavy atom. The zero-order chi connectivity index (χ0) is 16.6. The minimum atomic E-state index is -0.792. The third-order valence-corrected chi connectivity index (χ3v) is 6.36. The number of urea groups is 1. The Morgan fingerprint density at radius 2 is 2.17 bits per heavy atom. The fourth-order valence-corrected chi connectivity index (χ4v) is 4.46. The van der Waals surface area contributed by atoms with Crippen molar-refractivity contribution < 1.29 is 14.4 Å². The Bertz CT molecular complexity index is 654. The minimum absolute atomic E-state index is 0.112. The van der Waals surface area contributed by atoms with E-state index in [1.54, 1.807) is 6.07 Å². The number of ketones is 1. The molecule has 1 aliphatic carbocycles. The van der Waals surface area contributed by atoms with Crippen molar-refractivity contribution in [1.29, 1.82) is 0 Å². The Kier molecular flexibility index (Phi) is 4.27. The van der Waals surface area contributed by atoms with Crippen LogP contribution in [-0.2, 0) is 11.2 Å². The first-order valence-corrected chi connectivity index (χ1v) is 9.05. The molecule has 1 saturated carbocycles. The molecular formula is C17H22N2O3S. The molecule has 2 heterocycles. The van der Waals surface area contributed by atoms with Gasteiger partial charge < -0.3 is 5.32 Å². The normalized spacial score (nSPS) is 27.6. The second-order valence-corrected chi connectivity index (χ2v) is 7.65. The Labute approximate surface area is 140 Å². The van der Waals surface area contributed by atoms with Crippen LogP contribution in [0.4, 0.5) is 4.79 Å². The minimum Gasteiger partial charge on any atom is -0.323 e. The van der Waals surface area contributed by atoms with Gasteiger partial charge in [-0.1, -0.05) is 26.7 Å². The number of rotatable bonds is 4. The van der Waals surface area contributed by atoms with Crippen LogP contribution in [0.1, 0.15) is 54.1 Å². The first-order valence-electron chi connectivity index (χ1n) is 8.24. The van der Waals surface area contributed by atoms with Gasteiger partial charge in [0.15, 0.2) is 5.78 Å². The van der Waals surface area contributed by atoms with Crippen molar-refractivity contribution >= 4 is 29.1 Å². The van der Waals surface area contributed by atoms with Crippen LogP contribution >= 0.6 is 11.3 Å². The van der Waals surface area contributed by atoms with E-state index in [9.17, 15) is 14.4 Å². The summed E-state index contributed by atoms with van der Waals surface area (Å²) < 4.78 is 0. The highest BCUT2D eigenvalue weighted by molar-refractivity contribution is 7.14. The van der Waals surface area contributed by atoms with E-state index in [-0.39, 0.29) is 24.2 Å². The SMILES string of the molecule is CCc1ccc(C(=O)CN2C(=O)N[C@@]3(CCCC[C@@H]3C)C2=O)s1. The van der Waals surface area contributed by atoms with Crippen molar-refractivity contribution in [3.8, 4) is 0 Å². The molecule has 0 radical (unpaired) electrons. The zero-order valence-corrected chi connectivity index (χ0v) is 14.4. The smallest absolute Gasteiger partial charge is 0.323 e. The average Bonchev–Trinajstić information content (AvgIpc) is 3.10. The fraction of sp³-hybridized carbons (Fsp3) is 0.588. The van der Waals surface area contributed by atoms with Crippen molar-refractivity contribution in [3.05, 3.63) is 21.9 Å². The van der Waals surface area contributed by atoms with E-state index in [1.165, 1.54) is 11.3 Å². The van der Waals surface area contributed by atoms with Crippen molar-refractivity contribution in [2.24, 2.45) is 5.92 Å². The molecule has 1 aliphatic heterocycles. The zero-order valence-electron chi connectivity index (χ0n) is 13.6. The molecule has 1 N–H and O–H groups in total. The van der Waals surface area contributed by atoms with Crippen molar-refractivity contribution in [3.63, 3.8) is 0 Å². The van der Waals surface area contributed by atoms with Gasteiger partial charge in [-0.3, -0.25) is 14.5 Å². The standard InChI is InChI=1S/C17H22N2O3S/c1-3-12-7-8-14(23-12)13(20)10-19-15(21)17(18-16(19)22)9-5-4-6-11(17)2/h7-8,11H,3-6,9-10H2,1-2H3,(H,18,22)/t11-,17+/m0/s1. The van der Waals surface area contributed by atoms with Crippen molar-refractivity contribution in [1.82, 2.24) is 10.2 Å². The van der Waals surface area contributed by atoms with Crippen molar-refractivity contribution in [2.45, 2.75) is 51.5 Å². The van der Waals surface area contributed by atoms with Crippen LogP contribution in [0.5, 0.6) is 0 Å². The third kappa shape index (κ3) is 2.69. The summed E-state index contributed by atoms with van der Waals surface area (Å²) >= 11 is 1.44. The second kappa shape index (κ2) is 6.07.